The number of ether oxygens (including phenoxy) is 1. The van der Waals surface area contributed by atoms with Crippen LogP contribution in [-0.4, -0.2) is 38.6 Å². The van der Waals surface area contributed by atoms with Crippen LogP contribution < -0.4 is 18.6 Å². The number of nitro benzene ring substituents is 2. The zero-order chi connectivity index (χ0) is 23.0. The maximum absolute atomic E-state index is 11.1. The predicted octanol–water partition coefficient (Wildman–Crippen LogP) is -1.01. The fourth-order valence-corrected chi connectivity index (χ4v) is 4.38. The minimum Gasteiger partial charge on any atom is -0.350 e. The van der Waals surface area contributed by atoms with Gasteiger partial charge in [0, 0.05) is 12.1 Å². The minimum atomic E-state index is -4.94. The van der Waals surface area contributed by atoms with Crippen molar-refractivity contribution in [2.75, 3.05) is 13.2 Å². The van der Waals surface area contributed by atoms with E-state index in [2.05, 4.69) is 0 Å². The Bertz CT molecular complexity index is 965. The monoisotopic (exact) mass is 491 g/mol. The van der Waals surface area contributed by atoms with Gasteiger partial charge >= 0.3 is 0 Å². The van der Waals surface area contributed by atoms with Crippen LogP contribution >= 0.6 is 23.7 Å². The van der Waals surface area contributed by atoms with Crippen LogP contribution in [0.25, 0.3) is 0 Å². The highest BCUT2D eigenvalue weighted by Gasteiger charge is 2.27. The van der Waals surface area contributed by atoms with Gasteiger partial charge in [0.25, 0.3) is 11.4 Å². The maximum atomic E-state index is 11.1. The Hall–Kier alpha value is -2.30. The summed E-state index contributed by atoms with van der Waals surface area (Å²) in [7, 11) is -4.94. The smallest absolute Gasteiger partial charge is 0.289 e. The van der Waals surface area contributed by atoms with Crippen molar-refractivity contribution >= 4 is 41.3 Å². The van der Waals surface area contributed by atoms with Crippen molar-refractivity contribution in [3.63, 3.8) is 0 Å². The molecular weight excluding hydrogens is 478 g/mol. The van der Waals surface area contributed by atoms with E-state index < -0.39 is 25.5 Å². The summed E-state index contributed by atoms with van der Waals surface area (Å²) >= 11 is 2.49. The molecule has 15 heteroatoms. The molecule has 0 bridgehead atoms. The van der Waals surface area contributed by atoms with Crippen LogP contribution in [0.2, 0.25) is 0 Å². The van der Waals surface area contributed by atoms with E-state index >= 15 is 0 Å². The quantitative estimate of drug-likeness (QED) is 0.208. The molecule has 3 rings (SSSR count). The van der Waals surface area contributed by atoms with Crippen molar-refractivity contribution in [3.8, 4) is 0 Å². The minimum absolute atomic E-state index is 0.0259. The second-order valence-corrected chi connectivity index (χ2v) is 8.55. The van der Waals surface area contributed by atoms with E-state index in [1.807, 2.05) is 3.98 Å². The van der Waals surface area contributed by atoms with E-state index in [0.717, 1.165) is 0 Å². The number of hydrogen-bond donors (Lipinski definition) is 0. The maximum Gasteiger partial charge on any atom is 0.289 e. The highest BCUT2D eigenvalue weighted by molar-refractivity contribution is 8.00. The van der Waals surface area contributed by atoms with Gasteiger partial charge in [-0.15, -0.1) is 10.2 Å². The topological polar surface area (TPSA) is 191 Å². The number of hydrogen-bond acceptors (Lipinski definition) is 11. The van der Waals surface area contributed by atoms with E-state index in [-0.39, 0.29) is 11.4 Å². The van der Waals surface area contributed by atoms with Crippen LogP contribution in [0.4, 0.5) is 11.4 Å². The summed E-state index contributed by atoms with van der Waals surface area (Å²) in [6.07, 6.45) is 1.78. The SMILES string of the molecule is O=[N+]([O-])c1ccccc1SC1C=[N+](Sc2ccccc2[N+](=O)[O-])CCO1.[O-][Cl+3]([O-])([O-])[O-]. The molecule has 1 aliphatic rings. The number of rotatable bonds is 6. The first-order chi connectivity index (χ1) is 14.5. The van der Waals surface area contributed by atoms with E-state index in [1.165, 1.54) is 35.8 Å². The Balaban J connectivity index is 0.000000614. The van der Waals surface area contributed by atoms with Crippen LogP contribution in [0.1, 0.15) is 0 Å². The summed E-state index contributed by atoms with van der Waals surface area (Å²) in [5.41, 5.74) is -0.349. The largest absolute Gasteiger partial charge is 0.350 e. The Morgan fingerprint density at radius 1 is 0.903 bits per heavy atom. The molecule has 0 saturated heterocycles. The Kier molecular flexibility index (Phi) is 9.15. The fourth-order valence-electron chi connectivity index (χ4n) is 2.30. The van der Waals surface area contributed by atoms with Gasteiger partial charge in [-0.05, 0) is 12.1 Å². The molecule has 166 valence electrons. The summed E-state index contributed by atoms with van der Waals surface area (Å²) in [4.78, 5) is 22.5. The van der Waals surface area contributed by atoms with Crippen molar-refractivity contribution in [1.82, 2.24) is 0 Å². The lowest BCUT2D eigenvalue weighted by atomic mass is 10.3. The molecule has 0 aliphatic carbocycles. The molecule has 0 radical (unpaired) electrons. The van der Waals surface area contributed by atoms with Gasteiger partial charge in [0.05, 0.1) is 14.7 Å². The van der Waals surface area contributed by atoms with E-state index in [0.29, 0.717) is 22.9 Å². The molecule has 2 aromatic carbocycles. The van der Waals surface area contributed by atoms with E-state index in [1.54, 1.807) is 42.6 Å². The molecule has 0 saturated carbocycles. The zero-order valence-electron chi connectivity index (χ0n) is 15.4. The van der Waals surface area contributed by atoms with Gasteiger partial charge in [-0.25, -0.2) is 18.6 Å². The fraction of sp³-hybridized carbons (Fsp3) is 0.188. The molecule has 1 aliphatic heterocycles. The molecule has 0 amide bonds. The standard InChI is InChI=1S/C16H14N3O5S2.ClHO4/c20-18(21)12-5-1-3-7-14(12)25-16-11-17(9-10-24-16)26-15-8-4-2-6-13(15)19(22)23;2-1(3,4)5/h1-8,11,16H,9-10H2;(H,2,3,4,5)/q+1;/p-1. The molecule has 1 atom stereocenters. The lowest BCUT2D eigenvalue weighted by Crippen LogP contribution is -2.68. The number of nitro groups is 2. The van der Waals surface area contributed by atoms with Gasteiger partial charge in [0.15, 0.2) is 23.1 Å². The third kappa shape index (κ3) is 8.76. The third-order valence-corrected chi connectivity index (χ3v) is 5.63. The van der Waals surface area contributed by atoms with Crippen molar-refractivity contribution in [2.24, 2.45) is 0 Å². The molecule has 0 spiro atoms. The van der Waals surface area contributed by atoms with Crippen molar-refractivity contribution in [1.29, 1.82) is 0 Å². The van der Waals surface area contributed by atoms with Crippen LogP contribution in [0.3, 0.4) is 0 Å². The molecule has 2 aromatic rings. The highest BCUT2D eigenvalue weighted by Crippen LogP contribution is 2.34. The first kappa shape index (κ1) is 25.0. The van der Waals surface area contributed by atoms with Crippen LogP contribution in [0.15, 0.2) is 58.3 Å². The first-order valence-corrected chi connectivity index (χ1v) is 11.1. The number of benzene rings is 2. The lowest BCUT2D eigenvalue weighted by Gasteiger charge is -2.17. The number of para-hydroxylation sites is 2. The first-order valence-electron chi connectivity index (χ1n) is 8.21. The molecule has 31 heavy (non-hydrogen) atoms. The molecule has 0 aromatic heterocycles. The second-order valence-electron chi connectivity index (χ2n) is 5.57. The van der Waals surface area contributed by atoms with E-state index in [9.17, 15) is 20.2 Å². The highest BCUT2D eigenvalue weighted by atomic mass is 35.7. The number of nitrogens with zero attached hydrogens (tertiary/aromatic N) is 3. The van der Waals surface area contributed by atoms with Crippen molar-refractivity contribution in [3.05, 3.63) is 68.8 Å². The van der Waals surface area contributed by atoms with Gasteiger partial charge < -0.3 is 4.74 Å². The summed E-state index contributed by atoms with van der Waals surface area (Å²) < 4.78 is 41.5. The number of thioether (sulfide) groups is 1. The second kappa shape index (κ2) is 11.4. The van der Waals surface area contributed by atoms with Gasteiger partial charge in [-0.1, -0.05) is 36.0 Å². The summed E-state index contributed by atoms with van der Waals surface area (Å²) in [5.74, 6) is 0. The van der Waals surface area contributed by atoms with Gasteiger partial charge in [-0.3, -0.25) is 20.2 Å². The van der Waals surface area contributed by atoms with Crippen LogP contribution in [0.5, 0.6) is 0 Å². The van der Waals surface area contributed by atoms with Gasteiger partial charge in [0.1, 0.15) is 6.61 Å². The molecule has 0 fully saturated rings. The lowest BCUT2D eigenvalue weighted by molar-refractivity contribution is -2.00. The van der Waals surface area contributed by atoms with E-state index in [4.69, 9.17) is 23.4 Å². The van der Waals surface area contributed by atoms with Crippen molar-refractivity contribution in [2.45, 2.75) is 15.2 Å². The average molecular weight is 492 g/mol. The summed E-state index contributed by atoms with van der Waals surface area (Å²) in [5, 5.41) is 22.3. The van der Waals surface area contributed by atoms with Crippen molar-refractivity contribution < 1.29 is 47.4 Å². The Morgan fingerprint density at radius 2 is 1.39 bits per heavy atom. The third-order valence-electron chi connectivity index (χ3n) is 3.46. The van der Waals surface area contributed by atoms with Gasteiger partial charge in [-0.2, -0.15) is 3.98 Å². The molecular formula is C16H14ClN3O9S2. The molecule has 1 unspecified atom stereocenters. The predicted molar refractivity (Wildman–Crippen MR) is 98.8 cm³/mol. The molecule has 12 nitrogen and oxygen atoms in total. The molecule has 1 heterocycles. The number of halogens is 1. The summed E-state index contributed by atoms with van der Waals surface area (Å²) in [6, 6.07) is 13.0. The zero-order valence-corrected chi connectivity index (χ0v) is 17.8. The molecule has 0 N–H and O–H groups in total. The van der Waals surface area contributed by atoms with Gasteiger partial charge in [0.2, 0.25) is 11.9 Å². The summed E-state index contributed by atoms with van der Waals surface area (Å²) in [6.45, 7) is 0.979. The average Bonchev–Trinajstić information content (AvgIpc) is 2.67. The Labute approximate surface area is 185 Å². The van der Waals surface area contributed by atoms with Crippen LogP contribution in [0, 0.1) is 30.5 Å². The van der Waals surface area contributed by atoms with Crippen LogP contribution in [-0.2, 0) is 4.74 Å². The normalized spacial score (nSPS) is 16.0. The Morgan fingerprint density at radius 3 is 1.94 bits per heavy atom.